The number of guanidine groups is 1. The first-order valence-electron chi connectivity index (χ1n) is 8.60. The Morgan fingerprint density at radius 2 is 2.12 bits per heavy atom. The minimum atomic E-state index is 0.317. The summed E-state index contributed by atoms with van der Waals surface area (Å²) in [7, 11) is 1.81. The molecule has 2 heterocycles. The van der Waals surface area contributed by atoms with Crippen molar-refractivity contribution in [1.29, 1.82) is 0 Å². The van der Waals surface area contributed by atoms with Gasteiger partial charge in [-0.2, -0.15) is 0 Å². The lowest BCUT2D eigenvalue weighted by molar-refractivity contribution is 0.174. The summed E-state index contributed by atoms with van der Waals surface area (Å²) in [6.45, 7) is 4.30. The first-order chi connectivity index (χ1) is 12.2. The lowest BCUT2D eigenvalue weighted by atomic mass is 10.1. The van der Waals surface area contributed by atoms with Gasteiger partial charge in [0.05, 0.1) is 0 Å². The summed E-state index contributed by atoms with van der Waals surface area (Å²) < 4.78 is 10.8. The van der Waals surface area contributed by atoms with Crippen LogP contribution >= 0.6 is 11.3 Å². The van der Waals surface area contributed by atoms with Crippen LogP contribution in [0.2, 0.25) is 0 Å². The normalized spacial score (nSPS) is 14.4. The van der Waals surface area contributed by atoms with Crippen LogP contribution in [0.1, 0.15) is 17.4 Å². The fourth-order valence-electron chi connectivity index (χ4n) is 2.76. The van der Waals surface area contributed by atoms with Gasteiger partial charge in [0.1, 0.15) is 0 Å². The van der Waals surface area contributed by atoms with E-state index < -0.39 is 0 Å². The fourth-order valence-corrected chi connectivity index (χ4v) is 3.63. The number of aliphatic imine (C=N–C) groups is 1. The highest BCUT2D eigenvalue weighted by Gasteiger charge is 2.13. The molecule has 1 aliphatic heterocycles. The van der Waals surface area contributed by atoms with E-state index in [0.717, 1.165) is 43.4 Å². The predicted octanol–water partition coefficient (Wildman–Crippen LogP) is 3.06. The molecule has 1 aromatic heterocycles. The molecule has 2 N–H and O–H groups in total. The number of hydrogen-bond donors (Lipinski definition) is 2. The molecular weight excluding hydrogens is 334 g/mol. The van der Waals surface area contributed by atoms with E-state index in [1.54, 1.807) is 7.05 Å². The second-order valence-electron chi connectivity index (χ2n) is 6.21. The maximum absolute atomic E-state index is 5.42. The molecule has 0 fully saturated rings. The standard InChI is InChI=1S/C19H25N3O2S/c1-14(10-16-4-3-9-25-16)12-22-19(20-2)21-8-7-15-5-6-17-18(11-15)24-13-23-17/h3-6,9,11,14H,7-8,10,12-13H2,1-2H3,(H2,20,21,22). The van der Waals surface area contributed by atoms with Crippen molar-refractivity contribution in [3.63, 3.8) is 0 Å². The van der Waals surface area contributed by atoms with Gasteiger partial charge in [0.25, 0.3) is 0 Å². The highest BCUT2D eigenvalue weighted by molar-refractivity contribution is 7.09. The average Bonchev–Trinajstić information content (AvgIpc) is 3.28. The number of nitrogens with one attached hydrogen (secondary N) is 2. The summed E-state index contributed by atoms with van der Waals surface area (Å²) in [4.78, 5) is 5.73. The summed E-state index contributed by atoms with van der Waals surface area (Å²) in [5.41, 5.74) is 1.22. The maximum atomic E-state index is 5.42. The lowest BCUT2D eigenvalue weighted by Crippen LogP contribution is -2.40. The van der Waals surface area contributed by atoms with Crippen molar-refractivity contribution in [3.05, 3.63) is 46.2 Å². The Balaban J connectivity index is 1.39. The van der Waals surface area contributed by atoms with Crippen molar-refractivity contribution in [2.75, 3.05) is 26.9 Å². The number of nitrogens with zero attached hydrogens (tertiary/aromatic N) is 1. The molecule has 1 unspecified atom stereocenters. The van der Waals surface area contributed by atoms with Gasteiger partial charge in [0, 0.05) is 25.0 Å². The third-order valence-electron chi connectivity index (χ3n) is 4.11. The molecule has 0 amide bonds. The molecule has 3 rings (SSSR count). The molecule has 0 saturated carbocycles. The van der Waals surface area contributed by atoms with Crippen LogP contribution in [-0.4, -0.2) is 32.9 Å². The first kappa shape index (κ1) is 17.6. The molecular formula is C19H25N3O2S. The van der Waals surface area contributed by atoms with Crippen LogP contribution in [0.25, 0.3) is 0 Å². The van der Waals surface area contributed by atoms with Gasteiger partial charge in [-0.25, -0.2) is 0 Å². The van der Waals surface area contributed by atoms with Crippen LogP contribution in [0, 0.1) is 5.92 Å². The Bertz CT molecular complexity index is 701. The molecule has 134 valence electrons. The van der Waals surface area contributed by atoms with E-state index in [4.69, 9.17) is 9.47 Å². The Hall–Kier alpha value is -2.21. The molecule has 0 bridgehead atoms. The average molecular weight is 359 g/mol. The van der Waals surface area contributed by atoms with Crippen LogP contribution < -0.4 is 20.1 Å². The van der Waals surface area contributed by atoms with Gasteiger partial charge in [-0.3, -0.25) is 4.99 Å². The topological polar surface area (TPSA) is 54.9 Å². The summed E-state index contributed by atoms with van der Waals surface area (Å²) in [5.74, 6) is 3.07. The molecule has 2 aromatic rings. The number of hydrogen-bond acceptors (Lipinski definition) is 4. The van der Waals surface area contributed by atoms with Crippen molar-refractivity contribution in [2.24, 2.45) is 10.9 Å². The second-order valence-corrected chi connectivity index (χ2v) is 7.24. The third kappa shape index (κ3) is 5.13. The quantitative estimate of drug-likeness (QED) is 0.589. The number of fused-ring (bicyclic) bond motifs is 1. The van der Waals surface area contributed by atoms with E-state index in [0.29, 0.717) is 12.7 Å². The maximum Gasteiger partial charge on any atom is 0.231 e. The second kappa shape index (κ2) is 8.76. The Labute approximate surface area is 153 Å². The smallest absolute Gasteiger partial charge is 0.231 e. The summed E-state index contributed by atoms with van der Waals surface area (Å²) >= 11 is 1.82. The monoisotopic (exact) mass is 359 g/mol. The highest BCUT2D eigenvalue weighted by Crippen LogP contribution is 2.32. The van der Waals surface area contributed by atoms with Crippen LogP contribution in [0.3, 0.4) is 0 Å². The third-order valence-corrected chi connectivity index (χ3v) is 5.01. The van der Waals surface area contributed by atoms with E-state index in [1.165, 1.54) is 10.4 Å². The molecule has 0 radical (unpaired) electrons. The molecule has 1 atom stereocenters. The SMILES string of the molecule is CN=C(NCCc1ccc2c(c1)OCO2)NCC(C)Cc1cccs1. The molecule has 0 spiro atoms. The van der Waals surface area contributed by atoms with Gasteiger partial charge >= 0.3 is 0 Å². The van der Waals surface area contributed by atoms with Gasteiger partial charge in [-0.1, -0.05) is 19.1 Å². The molecule has 25 heavy (non-hydrogen) atoms. The molecule has 5 nitrogen and oxygen atoms in total. The fraction of sp³-hybridized carbons (Fsp3) is 0.421. The van der Waals surface area contributed by atoms with Gasteiger partial charge in [-0.15, -0.1) is 11.3 Å². The van der Waals surface area contributed by atoms with Crippen molar-refractivity contribution in [1.82, 2.24) is 10.6 Å². The van der Waals surface area contributed by atoms with E-state index in [9.17, 15) is 0 Å². The molecule has 0 saturated heterocycles. The van der Waals surface area contributed by atoms with E-state index in [-0.39, 0.29) is 0 Å². The van der Waals surface area contributed by atoms with E-state index in [1.807, 2.05) is 23.5 Å². The first-order valence-corrected chi connectivity index (χ1v) is 9.48. The van der Waals surface area contributed by atoms with Crippen LogP contribution in [0.15, 0.2) is 40.7 Å². The van der Waals surface area contributed by atoms with Crippen LogP contribution in [-0.2, 0) is 12.8 Å². The zero-order chi connectivity index (χ0) is 17.5. The van der Waals surface area contributed by atoms with Crippen molar-refractivity contribution >= 4 is 17.3 Å². The molecule has 1 aromatic carbocycles. The molecule has 1 aliphatic rings. The van der Waals surface area contributed by atoms with Crippen molar-refractivity contribution in [2.45, 2.75) is 19.8 Å². The molecule has 0 aliphatic carbocycles. The minimum Gasteiger partial charge on any atom is -0.454 e. The zero-order valence-electron chi connectivity index (χ0n) is 14.7. The molecule has 6 heteroatoms. The van der Waals surface area contributed by atoms with Gasteiger partial charge in [0.2, 0.25) is 6.79 Å². The van der Waals surface area contributed by atoms with Gasteiger partial charge in [-0.05, 0) is 47.9 Å². The Morgan fingerprint density at radius 1 is 1.24 bits per heavy atom. The zero-order valence-corrected chi connectivity index (χ0v) is 15.6. The van der Waals surface area contributed by atoms with Crippen molar-refractivity contribution < 1.29 is 9.47 Å². The number of benzene rings is 1. The lowest BCUT2D eigenvalue weighted by Gasteiger charge is -2.15. The summed E-state index contributed by atoms with van der Waals surface area (Å²) in [5, 5.41) is 8.91. The van der Waals surface area contributed by atoms with Gasteiger partial charge in [0.15, 0.2) is 17.5 Å². The largest absolute Gasteiger partial charge is 0.454 e. The van der Waals surface area contributed by atoms with Crippen molar-refractivity contribution in [3.8, 4) is 11.5 Å². The predicted molar refractivity (Wildman–Crippen MR) is 103 cm³/mol. The van der Waals surface area contributed by atoms with Crippen LogP contribution in [0.4, 0.5) is 0 Å². The Kier molecular flexibility index (Phi) is 6.17. The minimum absolute atomic E-state index is 0.317. The van der Waals surface area contributed by atoms with E-state index in [2.05, 4.69) is 46.1 Å². The van der Waals surface area contributed by atoms with Crippen LogP contribution in [0.5, 0.6) is 11.5 Å². The number of rotatable bonds is 7. The number of ether oxygens (including phenoxy) is 2. The number of thiophene rings is 1. The highest BCUT2D eigenvalue weighted by atomic mass is 32.1. The van der Waals surface area contributed by atoms with E-state index >= 15 is 0 Å². The van der Waals surface area contributed by atoms with Gasteiger partial charge < -0.3 is 20.1 Å². The summed E-state index contributed by atoms with van der Waals surface area (Å²) in [6.07, 6.45) is 2.00. The summed E-state index contributed by atoms with van der Waals surface area (Å²) in [6, 6.07) is 10.4. The Morgan fingerprint density at radius 3 is 2.92 bits per heavy atom.